The molecule has 0 saturated heterocycles. The zero-order valence-corrected chi connectivity index (χ0v) is 13.1. The number of halogens is 1. The van der Waals surface area contributed by atoms with Gasteiger partial charge < -0.3 is 10.1 Å². The summed E-state index contributed by atoms with van der Waals surface area (Å²) in [6.07, 6.45) is 1.49. The standard InChI is InChI=1S/C19H18FNO3/c20-16-8-6-14(7-9-16)12-21-17(22)13-24-18(23)19(10-11-19)15-4-2-1-3-5-15/h1-9H,10-13H2,(H,21,22). The van der Waals surface area contributed by atoms with E-state index in [2.05, 4.69) is 5.32 Å². The van der Waals surface area contributed by atoms with Crippen LogP contribution < -0.4 is 5.32 Å². The fraction of sp³-hybridized carbons (Fsp3) is 0.263. The maximum atomic E-state index is 12.8. The van der Waals surface area contributed by atoms with Crippen LogP contribution in [0.4, 0.5) is 4.39 Å². The Bertz CT molecular complexity index is 724. The first-order valence-electron chi connectivity index (χ1n) is 7.84. The zero-order chi connectivity index (χ0) is 17.0. The molecule has 2 aromatic carbocycles. The van der Waals surface area contributed by atoms with Crippen molar-refractivity contribution >= 4 is 11.9 Å². The van der Waals surface area contributed by atoms with Gasteiger partial charge in [0.2, 0.25) is 0 Å². The molecule has 1 aliphatic rings. The summed E-state index contributed by atoms with van der Waals surface area (Å²) in [5.74, 6) is -1.06. The Morgan fingerprint density at radius 2 is 1.71 bits per heavy atom. The highest BCUT2D eigenvalue weighted by molar-refractivity contribution is 5.88. The van der Waals surface area contributed by atoms with Gasteiger partial charge in [0.05, 0.1) is 5.41 Å². The third-order valence-electron chi connectivity index (χ3n) is 4.20. The van der Waals surface area contributed by atoms with Gasteiger partial charge >= 0.3 is 5.97 Å². The number of hydrogen-bond acceptors (Lipinski definition) is 3. The molecular weight excluding hydrogens is 309 g/mol. The Hall–Kier alpha value is -2.69. The fourth-order valence-electron chi connectivity index (χ4n) is 2.62. The Labute approximate surface area is 139 Å². The van der Waals surface area contributed by atoms with E-state index in [-0.39, 0.29) is 30.8 Å². The van der Waals surface area contributed by atoms with Crippen LogP contribution in [-0.4, -0.2) is 18.5 Å². The number of benzene rings is 2. The molecule has 0 aliphatic heterocycles. The summed E-state index contributed by atoms with van der Waals surface area (Å²) in [7, 11) is 0. The molecule has 0 spiro atoms. The molecule has 2 aromatic rings. The van der Waals surface area contributed by atoms with Gasteiger partial charge in [0.15, 0.2) is 6.61 Å². The minimum absolute atomic E-state index is 0.264. The third kappa shape index (κ3) is 3.62. The molecule has 1 N–H and O–H groups in total. The molecule has 0 bridgehead atoms. The molecular formula is C19H18FNO3. The number of esters is 1. The number of hydrogen-bond donors (Lipinski definition) is 1. The second-order valence-electron chi connectivity index (χ2n) is 5.93. The number of carbonyl (C=O) groups excluding carboxylic acids is 2. The molecule has 24 heavy (non-hydrogen) atoms. The van der Waals surface area contributed by atoms with Gasteiger partial charge in [-0.25, -0.2) is 4.39 Å². The lowest BCUT2D eigenvalue weighted by atomic mass is 9.96. The van der Waals surface area contributed by atoms with Gasteiger partial charge in [-0.1, -0.05) is 42.5 Å². The fourth-order valence-corrected chi connectivity index (χ4v) is 2.62. The Balaban J connectivity index is 1.48. The average molecular weight is 327 g/mol. The van der Waals surface area contributed by atoms with Crippen LogP contribution in [0.2, 0.25) is 0 Å². The van der Waals surface area contributed by atoms with E-state index < -0.39 is 5.41 Å². The Morgan fingerprint density at radius 1 is 1.04 bits per heavy atom. The maximum Gasteiger partial charge on any atom is 0.317 e. The van der Waals surface area contributed by atoms with E-state index in [0.29, 0.717) is 0 Å². The second kappa shape index (κ2) is 6.83. The van der Waals surface area contributed by atoms with Crippen LogP contribution in [0.25, 0.3) is 0 Å². The molecule has 0 radical (unpaired) electrons. The number of carbonyl (C=O) groups is 2. The van der Waals surface area contributed by atoms with Crippen LogP contribution in [-0.2, 0) is 26.3 Å². The van der Waals surface area contributed by atoms with Crippen molar-refractivity contribution < 1.29 is 18.7 Å². The van der Waals surface area contributed by atoms with Gasteiger partial charge in [-0.3, -0.25) is 9.59 Å². The molecule has 0 heterocycles. The van der Waals surface area contributed by atoms with E-state index in [1.807, 2.05) is 30.3 Å². The minimum atomic E-state index is -0.585. The summed E-state index contributed by atoms with van der Waals surface area (Å²) in [6.45, 7) is -0.0465. The Kier molecular flexibility index (Phi) is 4.60. The van der Waals surface area contributed by atoms with Crippen molar-refractivity contribution in [3.63, 3.8) is 0 Å². The van der Waals surface area contributed by atoms with Crippen molar-refractivity contribution in [3.8, 4) is 0 Å². The van der Waals surface area contributed by atoms with Gasteiger partial charge in [0.1, 0.15) is 5.82 Å². The molecule has 0 aromatic heterocycles. The van der Waals surface area contributed by atoms with Gasteiger partial charge in [-0.05, 0) is 36.1 Å². The molecule has 0 atom stereocenters. The summed E-state index contributed by atoms with van der Waals surface area (Å²) in [5, 5.41) is 2.65. The molecule has 1 aliphatic carbocycles. The van der Waals surface area contributed by atoms with Gasteiger partial charge in [-0.2, -0.15) is 0 Å². The zero-order valence-electron chi connectivity index (χ0n) is 13.1. The molecule has 5 heteroatoms. The first-order chi connectivity index (χ1) is 11.6. The lowest BCUT2D eigenvalue weighted by molar-refractivity contribution is -0.151. The number of rotatable bonds is 6. The molecule has 1 saturated carbocycles. The Morgan fingerprint density at radius 3 is 2.33 bits per heavy atom. The topological polar surface area (TPSA) is 55.4 Å². The number of nitrogens with one attached hydrogen (secondary N) is 1. The molecule has 1 amide bonds. The van der Waals surface area contributed by atoms with Crippen LogP contribution >= 0.6 is 0 Å². The van der Waals surface area contributed by atoms with Crippen LogP contribution in [0.15, 0.2) is 54.6 Å². The molecule has 3 rings (SSSR count). The monoisotopic (exact) mass is 327 g/mol. The summed E-state index contributed by atoms with van der Waals surface area (Å²) < 4.78 is 18.0. The van der Waals surface area contributed by atoms with Gasteiger partial charge in [-0.15, -0.1) is 0 Å². The molecule has 124 valence electrons. The van der Waals surface area contributed by atoms with E-state index in [4.69, 9.17) is 4.74 Å². The van der Waals surface area contributed by atoms with Crippen molar-refractivity contribution in [2.75, 3.05) is 6.61 Å². The van der Waals surface area contributed by atoms with Gasteiger partial charge in [0.25, 0.3) is 5.91 Å². The first-order valence-corrected chi connectivity index (χ1v) is 7.84. The van der Waals surface area contributed by atoms with Gasteiger partial charge in [0, 0.05) is 6.54 Å². The van der Waals surface area contributed by atoms with Crippen LogP contribution in [0.1, 0.15) is 24.0 Å². The SMILES string of the molecule is O=C(COC(=O)C1(c2ccccc2)CC1)NCc1ccc(F)cc1. The highest BCUT2D eigenvalue weighted by Crippen LogP contribution is 2.49. The average Bonchev–Trinajstić information content (AvgIpc) is 3.42. The van der Waals surface area contributed by atoms with Crippen molar-refractivity contribution in [1.82, 2.24) is 5.32 Å². The lowest BCUT2D eigenvalue weighted by Gasteiger charge is -2.14. The second-order valence-corrected chi connectivity index (χ2v) is 5.93. The highest BCUT2D eigenvalue weighted by Gasteiger charge is 2.52. The molecule has 4 nitrogen and oxygen atoms in total. The lowest BCUT2D eigenvalue weighted by Crippen LogP contribution is -2.31. The number of ether oxygens (including phenoxy) is 1. The van der Waals surface area contributed by atoms with E-state index in [0.717, 1.165) is 24.0 Å². The highest BCUT2D eigenvalue weighted by atomic mass is 19.1. The quantitative estimate of drug-likeness (QED) is 0.830. The summed E-state index contributed by atoms with van der Waals surface area (Å²) in [4.78, 5) is 24.1. The smallest absolute Gasteiger partial charge is 0.317 e. The van der Waals surface area contributed by atoms with E-state index in [1.165, 1.54) is 12.1 Å². The summed E-state index contributed by atoms with van der Waals surface area (Å²) in [5.41, 5.74) is 1.12. The van der Waals surface area contributed by atoms with Crippen molar-refractivity contribution in [2.24, 2.45) is 0 Å². The van der Waals surface area contributed by atoms with Crippen LogP contribution in [0.3, 0.4) is 0 Å². The first kappa shape index (κ1) is 16.2. The van der Waals surface area contributed by atoms with Crippen molar-refractivity contribution in [2.45, 2.75) is 24.8 Å². The van der Waals surface area contributed by atoms with E-state index in [9.17, 15) is 14.0 Å². The van der Waals surface area contributed by atoms with Crippen LogP contribution in [0.5, 0.6) is 0 Å². The summed E-state index contributed by atoms with van der Waals surface area (Å²) >= 11 is 0. The predicted molar refractivity (Wildman–Crippen MR) is 86.6 cm³/mol. The van der Waals surface area contributed by atoms with Crippen LogP contribution in [0, 0.1) is 5.82 Å². The van der Waals surface area contributed by atoms with E-state index >= 15 is 0 Å². The summed E-state index contributed by atoms with van der Waals surface area (Å²) in [6, 6.07) is 15.3. The van der Waals surface area contributed by atoms with Crippen molar-refractivity contribution in [1.29, 1.82) is 0 Å². The minimum Gasteiger partial charge on any atom is -0.455 e. The third-order valence-corrected chi connectivity index (χ3v) is 4.20. The van der Waals surface area contributed by atoms with Crippen molar-refractivity contribution in [3.05, 3.63) is 71.5 Å². The largest absolute Gasteiger partial charge is 0.455 e. The van der Waals surface area contributed by atoms with E-state index in [1.54, 1.807) is 12.1 Å². The molecule has 0 unspecified atom stereocenters. The number of amides is 1. The molecule has 1 fully saturated rings. The normalized spacial score (nSPS) is 14.7. The maximum absolute atomic E-state index is 12.8. The predicted octanol–water partition coefficient (Wildman–Crippen LogP) is 2.72.